The molecule has 4 heteroatoms. The predicted molar refractivity (Wildman–Crippen MR) is 123 cm³/mol. The van der Waals surface area contributed by atoms with Crippen molar-refractivity contribution >= 4 is 11.9 Å². The lowest BCUT2D eigenvalue weighted by atomic mass is 9.67. The van der Waals surface area contributed by atoms with Gasteiger partial charge in [-0.05, 0) is 77.2 Å². The number of carbonyl (C=O) groups excluding carboxylic acids is 2. The van der Waals surface area contributed by atoms with Gasteiger partial charge in [0.1, 0.15) is 0 Å². The quantitative estimate of drug-likeness (QED) is 0.187. The zero-order valence-corrected chi connectivity index (χ0v) is 20.1. The third-order valence-corrected chi connectivity index (χ3v) is 5.66. The first-order valence-corrected chi connectivity index (χ1v) is 11.1. The van der Waals surface area contributed by atoms with Gasteiger partial charge >= 0.3 is 11.9 Å². The molecule has 0 aromatic heterocycles. The van der Waals surface area contributed by atoms with Crippen LogP contribution in [-0.4, -0.2) is 24.6 Å². The summed E-state index contributed by atoms with van der Waals surface area (Å²) >= 11 is 0. The number of hydrogen-bond acceptors (Lipinski definition) is 4. The minimum absolute atomic E-state index is 0.261. The van der Waals surface area contributed by atoms with Crippen molar-refractivity contribution in [1.29, 1.82) is 0 Å². The van der Waals surface area contributed by atoms with Crippen LogP contribution in [0.4, 0.5) is 0 Å². The van der Waals surface area contributed by atoms with E-state index in [2.05, 4.69) is 40.7 Å². The van der Waals surface area contributed by atoms with Crippen LogP contribution in [0.25, 0.3) is 0 Å². The fourth-order valence-corrected chi connectivity index (χ4v) is 4.50. The van der Waals surface area contributed by atoms with E-state index in [4.69, 9.17) is 9.47 Å². The fraction of sp³-hybridized carbons (Fsp3) is 0.615. The van der Waals surface area contributed by atoms with E-state index in [1.165, 1.54) is 37.8 Å². The lowest BCUT2D eigenvalue weighted by Gasteiger charge is -2.38. The summed E-state index contributed by atoms with van der Waals surface area (Å²) in [6, 6.07) is 0. The minimum atomic E-state index is -0.907. The molecule has 4 nitrogen and oxygen atoms in total. The average Bonchev–Trinajstić information content (AvgIpc) is 2.60. The molecule has 0 N–H and O–H groups in total. The number of ether oxygens (including phenoxy) is 2. The molecular weight excluding hydrogens is 376 g/mol. The first-order valence-electron chi connectivity index (χ1n) is 11.1. The molecule has 2 unspecified atom stereocenters. The Morgan fingerprint density at radius 3 is 2.47 bits per heavy atom. The van der Waals surface area contributed by atoms with Crippen LogP contribution in [0.5, 0.6) is 0 Å². The maximum Gasteiger partial charge on any atom is 0.347 e. The van der Waals surface area contributed by atoms with Crippen molar-refractivity contribution in [1.82, 2.24) is 0 Å². The van der Waals surface area contributed by atoms with Crippen molar-refractivity contribution in [2.24, 2.45) is 11.3 Å². The lowest BCUT2D eigenvalue weighted by Crippen LogP contribution is -2.25. The summed E-state index contributed by atoms with van der Waals surface area (Å²) in [5.74, 6) is -0.554. The van der Waals surface area contributed by atoms with Crippen molar-refractivity contribution in [2.75, 3.05) is 6.61 Å². The van der Waals surface area contributed by atoms with E-state index >= 15 is 0 Å². The van der Waals surface area contributed by atoms with Crippen LogP contribution < -0.4 is 0 Å². The number of allylic oxidation sites excluding steroid dienone is 7. The van der Waals surface area contributed by atoms with Gasteiger partial charge in [0.25, 0.3) is 0 Å². The monoisotopic (exact) mass is 416 g/mol. The van der Waals surface area contributed by atoms with E-state index in [-0.39, 0.29) is 12.0 Å². The van der Waals surface area contributed by atoms with Crippen LogP contribution in [0, 0.1) is 11.3 Å². The third-order valence-electron chi connectivity index (χ3n) is 5.66. The number of carbonyl (C=O) groups is 2. The van der Waals surface area contributed by atoms with E-state index in [9.17, 15) is 9.59 Å². The second kappa shape index (κ2) is 11.9. The summed E-state index contributed by atoms with van der Waals surface area (Å²) in [6.45, 7) is 16.8. The molecule has 0 radical (unpaired) electrons. The Kier molecular flexibility index (Phi) is 10.3. The van der Waals surface area contributed by atoms with Gasteiger partial charge in [0.05, 0.1) is 6.61 Å². The molecule has 0 heterocycles. The standard InChI is InChI=1S/C26H40O4/c1-9-29-25(28)22(6)30-23(27)17-19(3)13-10-12-18(2)16-21(5)24-20(4)14-11-15-26(24,7)8/h10,12-13,17,21-22H,9,11,14-16H2,1-8H3. The van der Waals surface area contributed by atoms with E-state index in [0.29, 0.717) is 5.92 Å². The van der Waals surface area contributed by atoms with Gasteiger partial charge in [-0.15, -0.1) is 0 Å². The Morgan fingerprint density at radius 2 is 1.87 bits per heavy atom. The molecule has 0 aromatic carbocycles. The first kappa shape index (κ1) is 25.9. The molecule has 0 saturated heterocycles. The fourth-order valence-electron chi connectivity index (χ4n) is 4.50. The van der Waals surface area contributed by atoms with Crippen molar-refractivity contribution in [2.45, 2.75) is 87.2 Å². The Hall–Kier alpha value is -2.10. The Morgan fingerprint density at radius 1 is 1.20 bits per heavy atom. The van der Waals surface area contributed by atoms with Crippen molar-refractivity contribution in [3.05, 3.63) is 46.6 Å². The van der Waals surface area contributed by atoms with Gasteiger partial charge in [-0.25, -0.2) is 9.59 Å². The summed E-state index contributed by atoms with van der Waals surface area (Å²) in [6.07, 6.45) is 11.2. The summed E-state index contributed by atoms with van der Waals surface area (Å²) < 4.78 is 9.90. The summed E-state index contributed by atoms with van der Waals surface area (Å²) in [7, 11) is 0. The largest absolute Gasteiger partial charge is 0.463 e. The molecule has 168 valence electrons. The predicted octanol–water partition coefficient (Wildman–Crippen LogP) is 6.48. The molecule has 0 aromatic rings. The molecule has 0 spiro atoms. The van der Waals surface area contributed by atoms with Gasteiger partial charge in [0, 0.05) is 6.08 Å². The molecule has 1 rings (SSSR count). The van der Waals surface area contributed by atoms with Gasteiger partial charge in [-0.3, -0.25) is 0 Å². The highest BCUT2D eigenvalue weighted by Gasteiger charge is 2.31. The van der Waals surface area contributed by atoms with Gasteiger partial charge in [0.15, 0.2) is 6.10 Å². The molecule has 30 heavy (non-hydrogen) atoms. The van der Waals surface area contributed by atoms with Crippen LogP contribution in [0.3, 0.4) is 0 Å². The van der Waals surface area contributed by atoms with Crippen LogP contribution in [-0.2, 0) is 19.1 Å². The third kappa shape index (κ3) is 8.33. The maximum atomic E-state index is 11.9. The smallest absolute Gasteiger partial charge is 0.347 e. The zero-order chi connectivity index (χ0) is 22.9. The van der Waals surface area contributed by atoms with E-state index in [1.807, 2.05) is 19.1 Å². The zero-order valence-electron chi connectivity index (χ0n) is 20.1. The Balaban J connectivity index is 2.66. The second-order valence-electron chi connectivity index (χ2n) is 9.13. The molecule has 0 fully saturated rings. The first-order chi connectivity index (χ1) is 14.0. The van der Waals surface area contributed by atoms with Crippen LogP contribution in [0.15, 0.2) is 46.6 Å². The van der Waals surface area contributed by atoms with Crippen molar-refractivity contribution < 1.29 is 19.1 Å². The van der Waals surface area contributed by atoms with E-state index < -0.39 is 18.0 Å². The molecule has 0 aliphatic heterocycles. The van der Waals surface area contributed by atoms with E-state index in [1.54, 1.807) is 18.1 Å². The molecule has 0 saturated carbocycles. The van der Waals surface area contributed by atoms with Crippen LogP contribution >= 0.6 is 0 Å². The summed E-state index contributed by atoms with van der Waals surface area (Å²) in [4.78, 5) is 23.5. The second-order valence-corrected chi connectivity index (χ2v) is 9.13. The summed E-state index contributed by atoms with van der Waals surface area (Å²) in [5, 5.41) is 0. The van der Waals surface area contributed by atoms with Gasteiger partial charge in [-0.2, -0.15) is 0 Å². The van der Waals surface area contributed by atoms with Crippen molar-refractivity contribution in [3.8, 4) is 0 Å². The van der Waals surface area contributed by atoms with E-state index in [0.717, 1.165) is 12.0 Å². The number of rotatable bonds is 9. The van der Waals surface area contributed by atoms with Crippen LogP contribution in [0.1, 0.15) is 81.1 Å². The minimum Gasteiger partial charge on any atom is -0.463 e. The molecule has 0 amide bonds. The molecule has 1 aliphatic carbocycles. The molecule has 1 aliphatic rings. The highest BCUT2D eigenvalue weighted by atomic mass is 16.6. The average molecular weight is 417 g/mol. The summed E-state index contributed by atoms with van der Waals surface area (Å²) in [5.41, 5.74) is 5.56. The van der Waals surface area contributed by atoms with Gasteiger partial charge in [-0.1, -0.05) is 55.7 Å². The van der Waals surface area contributed by atoms with Gasteiger partial charge < -0.3 is 9.47 Å². The number of esters is 2. The van der Waals surface area contributed by atoms with Crippen molar-refractivity contribution in [3.63, 3.8) is 0 Å². The molecular formula is C26H40O4. The van der Waals surface area contributed by atoms with Crippen LogP contribution in [0.2, 0.25) is 0 Å². The topological polar surface area (TPSA) is 52.6 Å². The normalized spacial score (nSPS) is 19.6. The SMILES string of the molecule is CCOC(=O)C(C)OC(=O)C=C(C)C=CC=C(C)CC(C)C1=C(C)CCCC1(C)C. The highest BCUT2D eigenvalue weighted by molar-refractivity contribution is 5.86. The Bertz CT molecular complexity index is 734. The molecule has 2 atom stereocenters. The lowest BCUT2D eigenvalue weighted by molar-refractivity contribution is -0.163. The van der Waals surface area contributed by atoms with Gasteiger partial charge in [0.2, 0.25) is 0 Å². The Labute approximate surface area is 183 Å². The molecule has 0 bridgehead atoms. The highest BCUT2D eigenvalue weighted by Crippen LogP contribution is 2.45. The number of hydrogen-bond donors (Lipinski definition) is 0. The maximum absolute atomic E-state index is 11.9.